The van der Waals surface area contributed by atoms with Gasteiger partial charge in [0.15, 0.2) is 5.54 Å². The number of nitrogens with one attached hydrogen (secondary N) is 2. The Balaban J connectivity index is 1.29. The van der Waals surface area contributed by atoms with E-state index in [1.165, 1.54) is 10.5 Å². The molecule has 0 bridgehead atoms. The van der Waals surface area contributed by atoms with Crippen LogP contribution in [-0.4, -0.2) is 40.3 Å². The van der Waals surface area contributed by atoms with Crippen LogP contribution >= 0.6 is 0 Å². The Bertz CT molecular complexity index is 1560. The molecule has 7 heteroatoms. The van der Waals surface area contributed by atoms with Gasteiger partial charge in [0, 0.05) is 23.5 Å². The Hall–Kier alpha value is -4.39. The molecular weight excluding hydrogens is 476 g/mol. The van der Waals surface area contributed by atoms with Crippen molar-refractivity contribution in [2.45, 2.75) is 44.7 Å². The second-order valence-electron chi connectivity index (χ2n) is 10.3. The summed E-state index contributed by atoms with van der Waals surface area (Å²) < 4.78 is 0. The zero-order valence-corrected chi connectivity index (χ0v) is 21.5. The van der Waals surface area contributed by atoms with E-state index in [-0.39, 0.29) is 17.9 Å². The number of aryl methyl sites for hydroxylation is 1. The average Bonchev–Trinajstić information content (AvgIpc) is 3.41. The van der Waals surface area contributed by atoms with Crippen LogP contribution in [0.4, 0.5) is 10.5 Å². The van der Waals surface area contributed by atoms with Gasteiger partial charge in [0.05, 0.1) is 16.9 Å². The fraction of sp³-hybridized carbons (Fsp3) is 0.258. The number of H-pyrrole nitrogens is 1. The Morgan fingerprint density at radius 2 is 1.71 bits per heavy atom. The van der Waals surface area contributed by atoms with Gasteiger partial charge in [0.2, 0.25) is 0 Å². The van der Waals surface area contributed by atoms with Crippen LogP contribution in [0.5, 0.6) is 0 Å². The predicted octanol–water partition coefficient (Wildman–Crippen LogP) is 5.16. The predicted molar refractivity (Wildman–Crippen MR) is 147 cm³/mol. The molecule has 0 spiro atoms. The van der Waals surface area contributed by atoms with Crippen LogP contribution in [0.25, 0.3) is 10.9 Å². The Morgan fingerprint density at radius 3 is 2.53 bits per heavy atom. The van der Waals surface area contributed by atoms with Crippen LogP contribution in [0, 0.1) is 0 Å². The highest BCUT2D eigenvalue weighted by Crippen LogP contribution is 2.45. The summed E-state index contributed by atoms with van der Waals surface area (Å²) in [7, 11) is 0. The second kappa shape index (κ2) is 9.17. The summed E-state index contributed by atoms with van der Waals surface area (Å²) in [6.45, 7) is 4.20. The molecule has 6 rings (SSSR count). The molecule has 3 aromatic carbocycles. The van der Waals surface area contributed by atoms with Crippen LogP contribution < -0.4 is 10.2 Å². The first-order valence-corrected chi connectivity index (χ1v) is 13.1. The number of hydrogen-bond donors (Lipinski definition) is 2. The lowest BCUT2D eigenvalue weighted by Crippen LogP contribution is -2.49. The average molecular weight is 507 g/mol. The van der Waals surface area contributed by atoms with Crippen LogP contribution in [0.2, 0.25) is 0 Å². The summed E-state index contributed by atoms with van der Waals surface area (Å²) in [5, 5.41) is 4.13. The lowest BCUT2D eigenvalue weighted by molar-refractivity contribution is -0.125. The van der Waals surface area contributed by atoms with Gasteiger partial charge in [-0.15, -0.1) is 0 Å². The van der Waals surface area contributed by atoms with Gasteiger partial charge >= 0.3 is 6.03 Å². The molecule has 7 nitrogen and oxygen atoms in total. The van der Waals surface area contributed by atoms with Crippen molar-refractivity contribution in [1.82, 2.24) is 15.2 Å². The summed E-state index contributed by atoms with van der Waals surface area (Å²) in [6, 6.07) is 24.5. The first kappa shape index (κ1) is 24.0. The highest BCUT2D eigenvalue weighted by atomic mass is 16.2. The number of para-hydroxylation sites is 2. The van der Waals surface area contributed by atoms with Gasteiger partial charge in [-0.05, 0) is 62.4 Å². The van der Waals surface area contributed by atoms with Crippen molar-refractivity contribution in [2.75, 3.05) is 11.4 Å². The Morgan fingerprint density at radius 1 is 1.00 bits per heavy atom. The third-order valence-corrected chi connectivity index (χ3v) is 7.94. The molecule has 0 saturated carbocycles. The summed E-state index contributed by atoms with van der Waals surface area (Å²) in [6.07, 6.45) is 2.27. The molecule has 1 saturated heterocycles. The number of imide groups is 1. The maximum Gasteiger partial charge on any atom is 0.332 e. The first-order valence-electron chi connectivity index (χ1n) is 13.1. The van der Waals surface area contributed by atoms with E-state index < -0.39 is 11.6 Å². The van der Waals surface area contributed by atoms with Crippen LogP contribution in [0.1, 0.15) is 47.4 Å². The third kappa shape index (κ3) is 3.69. The maximum absolute atomic E-state index is 14.1. The number of carbonyl (C=O) groups excluding carboxylic acids is 3. The number of urea groups is 1. The SMILES string of the molecule is CC(CCc1ccccc1)NC(=O)c1ccccc1N1C(=O)N2CCc3c([nH]c4ccccc34)C2(C)C1=O. The summed E-state index contributed by atoms with van der Waals surface area (Å²) in [5.74, 6) is -0.657. The largest absolute Gasteiger partial charge is 0.356 e. The number of amides is 4. The molecule has 2 N–H and O–H groups in total. The van der Waals surface area contributed by atoms with Gasteiger partial charge in [-0.2, -0.15) is 0 Å². The van der Waals surface area contributed by atoms with E-state index in [1.807, 2.05) is 49.4 Å². The van der Waals surface area contributed by atoms with Crippen LogP contribution in [0.3, 0.4) is 0 Å². The van der Waals surface area contributed by atoms with Gasteiger partial charge in [0.1, 0.15) is 0 Å². The van der Waals surface area contributed by atoms with E-state index in [0.29, 0.717) is 24.2 Å². The molecule has 3 heterocycles. The summed E-state index contributed by atoms with van der Waals surface area (Å²) in [5.41, 5.74) is 3.43. The minimum absolute atomic E-state index is 0.0847. The van der Waals surface area contributed by atoms with Crippen molar-refractivity contribution in [3.8, 4) is 0 Å². The van der Waals surface area contributed by atoms with Gasteiger partial charge in [0.25, 0.3) is 11.8 Å². The van der Waals surface area contributed by atoms with Crippen molar-refractivity contribution >= 4 is 34.4 Å². The first-order chi connectivity index (χ1) is 18.4. The maximum atomic E-state index is 14.1. The number of carbonyl (C=O) groups is 3. The number of aromatic nitrogens is 1. The topological polar surface area (TPSA) is 85.5 Å². The monoisotopic (exact) mass is 506 g/mol. The molecule has 4 aromatic rings. The normalized spacial score (nSPS) is 19.4. The zero-order valence-electron chi connectivity index (χ0n) is 21.5. The van der Waals surface area contributed by atoms with Crippen molar-refractivity contribution in [3.05, 3.63) is 101 Å². The Kier molecular flexibility index (Phi) is 5.79. The number of fused-ring (bicyclic) bond motifs is 5. The zero-order chi connectivity index (χ0) is 26.4. The van der Waals surface area contributed by atoms with Gasteiger partial charge in [-0.25, -0.2) is 9.69 Å². The third-order valence-electron chi connectivity index (χ3n) is 7.94. The van der Waals surface area contributed by atoms with Crippen molar-refractivity contribution in [2.24, 2.45) is 0 Å². The standard InChI is InChI=1S/C31H30N4O3/c1-20(16-17-21-10-4-3-5-11-21)32-28(36)24-13-7-9-15-26(24)35-29(37)31(2)27-23(18-19-34(31)30(35)38)22-12-6-8-14-25(22)33-27/h3-15,20,33H,16-19H2,1-2H3,(H,32,36). The summed E-state index contributed by atoms with van der Waals surface area (Å²) in [4.78, 5) is 47.4. The van der Waals surface area contributed by atoms with E-state index in [1.54, 1.807) is 36.1 Å². The number of hydrogen-bond acceptors (Lipinski definition) is 3. The molecule has 192 valence electrons. The van der Waals surface area contributed by atoms with E-state index in [4.69, 9.17) is 0 Å². The second-order valence-corrected chi connectivity index (χ2v) is 10.3. The number of aromatic amines is 1. The smallest absolute Gasteiger partial charge is 0.332 e. The van der Waals surface area contributed by atoms with Gasteiger partial charge in [-0.1, -0.05) is 60.7 Å². The van der Waals surface area contributed by atoms with Crippen LogP contribution in [0.15, 0.2) is 78.9 Å². The molecule has 2 aliphatic rings. The molecular formula is C31H30N4O3. The molecule has 2 aliphatic heterocycles. The van der Waals surface area contributed by atoms with Crippen molar-refractivity contribution < 1.29 is 14.4 Å². The molecule has 1 aromatic heterocycles. The van der Waals surface area contributed by atoms with E-state index in [9.17, 15) is 14.4 Å². The van der Waals surface area contributed by atoms with Gasteiger partial charge < -0.3 is 15.2 Å². The van der Waals surface area contributed by atoms with E-state index >= 15 is 0 Å². The quantitative estimate of drug-likeness (QED) is 0.354. The highest BCUT2D eigenvalue weighted by Gasteiger charge is 2.59. The van der Waals surface area contributed by atoms with Crippen LogP contribution in [-0.2, 0) is 23.2 Å². The molecule has 4 amide bonds. The fourth-order valence-corrected chi connectivity index (χ4v) is 5.87. The lowest BCUT2D eigenvalue weighted by Gasteiger charge is -2.35. The molecule has 2 unspecified atom stereocenters. The fourth-order valence-electron chi connectivity index (χ4n) is 5.87. The highest BCUT2D eigenvalue weighted by molar-refractivity contribution is 6.25. The van der Waals surface area contributed by atoms with E-state index in [2.05, 4.69) is 22.4 Å². The number of rotatable bonds is 6. The Labute approximate surface area is 221 Å². The number of nitrogens with zero attached hydrogens (tertiary/aromatic N) is 2. The molecule has 0 radical (unpaired) electrons. The van der Waals surface area contributed by atoms with Crippen molar-refractivity contribution in [1.29, 1.82) is 0 Å². The minimum Gasteiger partial charge on any atom is -0.356 e. The van der Waals surface area contributed by atoms with E-state index in [0.717, 1.165) is 35.0 Å². The minimum atomic E-state index is -1.17. The van der Waals surface area contributed by atoms with Crippen molar-refractivity contribution in [3.63, 3.8) is 0 Å². The molecule has 38 heavy (non-hydrogen) atoms. The number of benzene rings is 3. The molecule has 2 atom stereocenters. The summed E-state index contributed by atoms with van der Waals surface area (Å²) >= 11 is 0. The van der Waals surface area contributed by atoms with Gasteiger partial charge in [-0.3, -0.25) is 9.59 Å². The number of anilines is 1. The molecule has 1 fully saturated rings. The molecule has 0 aliphatic carbocycles. The lowest BCUT2D eigenvalue weighted by atomic mass is 9.87.